The standard InChI is InChI=1S/C15H17ClN2O4S/c16-13-6-5-11(18-14(19)7-8-23(18,21)22)9-12(13)15(20)17-10-3-1-2-4-10/h5-6,9-10H,1-4,7-8H2,(H,17,20). The third-order valence-corrected chi connectivity index (χ3v) is 6.22. The zero-order valence-corrected chi connectivity index (χ0v) is 14.0. The molecule has 2 aliphatic rings. The van der Waals surface area contributed by atoms with Crippen LogP contribution >= 0.6 is 11.6 Å². The molecule has 3 rings (SSSR count). The molecule has 0 bridgehead atoms. The Labute approximate surface area is 139 Å². The van der Waals surface area contributed by atoms with Gasteiger partial charge < -0.3 is 5.32 Å². The maximum Gasteiger partial charge on any atom is 0.253 e. The maximum absolute atomic E-state index is 12.4. The van der Waals surface area contributed by atoms with Gasteiger partial charge in [-0.15, -0.1) is 0 Å². The van der Waals surface area contributed by atoms with Crippen LogP contribution in [0.25, 0.3) is 0 Å². The van der Waals surface area contributed by atoms with Crippen molar-refractivity contribution in [3.8, 4) is 0 Å². The molecule has 2 amide bonds. The van der Waals surface area contributed by atoms with Crippen LogP contribution in [-0.4, -0.2) is 32.0 Å². The molecule has 0 spiro atoms. The molecule has 23 heavy (non-hydrogen) atoms. The van der Waals surface area contributed by atoms with Crippen LogP contribution in [0.1, 0.15) is 42.5 Å². The van der Waals surface area contributed by atoms with Crippen molar-refractivity contribution in [2.45, 2.75) is 38.1 Å². The van der Waals surface area contributed by atoms with E-state index in [1.54, 1.807) is 0 Å². The zero-order chi connectivity index (χ0) is 16.6. The molecule has 1 aliphatic heterocycles. The first-order valence-corrected chi connectivity index (χ1v) is 9.53. The first-order chi connectivity index (χ1) is 10.9. The van der Waals surface area contributed by atoms with Crippen LogP contribution < -0.4 is 9.62 Å². The number of hydrogen-bond acceptors (Lipinski definition) is 4. The van der Waals surface area contributed by atoms with Gasteiger partial charge in [-0.3, -0.25) is 9.59 Å². The predicted octanol–water partition coefficient (Wildman–Crippen LogP) is 2.08. The van der Waals surface area contributed by atoms with Crippen molar-refractivity contribution < 1.29 is 18.0 Å². The van der Waals surface area contributed by atoms with E-state index in [0.717, 1.165) is 30.0 Å². The van der Waals surface area contributed by atoms with Gasteiger partial charge >= 0.3 is 0 Å². The molecule has 0 unspecified atom stereocenters. The van der Waals surface area contributed by atoms with E-state index in [2.05, 4.69) is 5.32 Å². The summed E-state index contributed by atoms with van der Waals surface area (Å²) in [6.45, 7) is 0. The van der Waals surface area contributed by atoms with Gasteiger partial charge in [0.05, 0.1) is 22.0 Å². The molecular formula is C15H17ClN2O4S. The van der Waals surface area contributed by atoms with E-state index in [0.29, 0.717) is 0 Å². The van der Waals surface area contributed by atoms with E-state index in [-0.39, 0.29) is 40.4 Å². The van der Waals surface area contributed by atoms with Crippen molar-refractivity contribution in [1.29, 1.82) is 0 Å². The Morgan fingerprint density at radius 3 is 2.57 bits per heavy atom. The summed E-state index contributed by atoms with van der Waals surface area (Å²) in [7, 11) is -3.66. The van der Waals surface area contributed by atoms with Gasteiger partial charge in [0.2, 0.25) is 15.9 Å². The third-order valence-electron chi connectivity index (χ3n) is 4.20. The van der Waals surface area contributed by atoms with Crippen LogP contribution in [0.2, 0.25) is 5.02 Å². The lowest BCUT2D eigenvalue weighted by molar-refractivity contribution is -0.116. The van der Waals surface area contributed by atoms with Crippen LogP contribution in [0, 0.1) is 0 Å². The van der Waals surface area contributed by atoms with Crippen molar-refractivity contribution in [3.63, 3.8) is 0 Å². The molecule has 2 fully saturated rings. The minimum atomic E-state index is -3.66. The molecule has 124 valence electrons. The van der Waals surface area contributed by atoms with E-state index >= 15 is 0 Å². The third kappa shape index (κ3) is 3.21. The van der Waals surface area contributed by atoms with Crippen molar-refractivity contribution in [2.75, 3.05) is 10.1 Å². The van der Waals surface area contributed by atoms with E-state index in [1.165, 1.54) is 18.2 Å². The molecule has 0 radical (unpaired) electrons. The van der Waals surface area contributed by atoms with Crippen LogP contribution in [0.4, 0.5) is 5.69 Å². The number of nitrogens with one attached hydrogen (secondary N) is 1. The number of nitrogens with zero attached hydrogens (tertiary/aromatic N) is 1. The summed E-state index contributed by atoms with van der Waals surface area (Å²) in [6, 6.07) is 4.38. The number of hydrogen-bond donors (Lipinski definition) is 1. The second-order valence-electron chi connectivity index (χ2n) is 5.84. The van der Waals surface area contributed by atoms with Gasteiger partial charge in [-0.25, -0.2) is 12.7 Å². The lowest BCUT2D eigenvalue weighted by Gasteiger charge is -2.17. The van der Waals surface area contributed by atoms with Crippen molar-refractivity contribution in [3.05, 3.63) is 28.8 Å². The van der Waals surface area contributed by atoms with Crippen LogP contribution in [0.5, 0.6) is 0 Å². The zero-order valence-electron chi connectivity index (χ0n) is 12.4. The second kappa shape index (κ2) is 6.13. The second-order valence-corrected chi connectivity index (χ2v) is 8.19. The average Bonchev–Trinajstić information content (AvgIpc) is 3.08. The van der Waals surface area contributed by atoms with Gasteiger partial charge in [0, 0.05) is 12.5 Å². The van der Waals surface area contributed by atoms with Crippen molar-refractivity contribution in [1.82, 2.24) is 5.32 Å². The fraction of sp³-hybridized carbons (Fsp3) is 0.467. The van der Waals surface area contributed by atoms with Crippen LogP contribution in [-0.2, 0) is 14.8 Å². The number of halogens is 1. The maximum atomic E-state index is 12.4. The summed E-state index contributed by atoms with van der Waals surface area (Å²) in [5, 5.41) is 3.14. The van der Waals surface area contributed by atoms with Crippen LogP contribution in [0.3, 0.4) is 0 Å². The highest BCUT2D eigenvalue weighted by Crippen LogP contribution is 2.29. The van der Waals surface area contributed by atoms with Gasteiger partial charge in [0.1, 0.15) is 0 Å². The number of sulfonamides is 1. The summed E-state index contributed by atoms with van der Waals surface area (Å²) >= 11 is 6.08. The lowest BCUT2D eigenvalue weighted by atomic mass is 10.1. The molecule has 0 aromatic heterocycles. The number of amides is 2. The van der Waals surface area contributed by atoms with Gasteiger partial charge in [0.25, 0.3) is 5.91 Å². The molecule has 8 heteroatoms. The summed E-state index contributed by atoms with van der Waals surface area (Å²) in [5.74, 6) is -1.04. The number of carbonyl (C=O) groups is 2. The minimum Gasteiger partial charge on any atom is -0.349 e. The van der Waals surface area contributed by atoms with Gasteiger partial charge in [-0.2, -0.15) is 0 Å². The van der Waals surface area contributed by atoms with Crippen molar-refractivity contribution in [2.24, 2.45) is 0 Å². The first kappa shape index (κ1) is 16.3. The molecular weight excluding hydrogens is 340 g/mol. The highest BCUT2D eigenvalue weighted by Gasteiger charge is 2.36. The molecule has 1 heterocycles. The molecule has 0 atom stereocenters. The lowest BCUT2D eigenvalue weighted by Crippen LogP contribution is -2.33. The number of benzene rings is 1. The van der Waals surface area contributed by atoms with Gasteiger partial charge in [0.15, 0.2) is 0 Å². The Hall–Kier alpha value is -1.60. The molecule has 1 N–H and O–H groups in total. The summed E-state index contributed by atoms with van der Waals surface area (Å²) in [4.78, 5) is 24.2. The summed E-state index contributed by atoms with van der Waals surface area (Å²) in [6.07, 6.45) is 3.98. The first-order valence-electron chi connectivity index (χ1n) is 7.55. The van der Waals surface area contributed by atoms with E-state index < -0.39 is 15.9 Å². The summed E-state index contributed by atoms with van der Waals surface area (Å²) < 4.78 is 24.7. The fourth-order valence-electron chi connectivity index (χ4n) is 3.02. The van der Waals surface area contributed by atoms with Gasteiger partial charge in [-0.05, 0) is 31.0 Å². The normalized spacial score (nSPS) is 20.9. The van der Waals surface area contributed by atoms with Crippen LogP contribution in [0.15, 0.2) is 18.2 Å². The molecule has 1 aromatic rings. The number of carbonyl (C=O) groups excluding carboxylic acids is 2. The average molecular weight is 357 g/mol. The highest BCUT2D eigenvalue weighted by molar-refractivity contribution is 7.94. The highest BCUT2D eigenvalue weighted by atomic mass is 35.5. The molecule has 6 nitrogen and oxygen atoms in total. The molecule has 1 aliphatic carbocycles. The summed E-state index contributed by atoms with van der Waals surface area (Å²) in [5.41, 5.74) is 0.347. The SMILES string of the molecule is O=C(NC1CCCC1)c1cc(N2C(=O)CCS2(=O)=O)ccc1Cl. The minimum absolute atomic E-state index is 0.0471. The Balaban J connectivity index is 1.90. The van der Waals surface area contributed by atoms with Gasteiger partial charge in [-0.1, -0.05) is 24.4 Å². The smallest absolute Gasteiger partial charge is 0.253 e. The Bertz CT molecular complexity index is 757. The van der Waals surface area contributed by atoms with E-state index in [1.807, 2.05) is 0 Å². The Morgan fingerprint density at radius 2 is 1.96 bits per heavy atom. The van der Waals surface area contributed by atoms with E-state index in [4.69, 9.17) is 11.6 Å². The fourth-order valence-corrected chi connectivity index (χ4v) is 4.67. The Morgan fingerprint density at radius 1 is 1.26 bits per heavy atom. The molecule has 1 aromatic carbocycles. The van der Waals surface area contributed by atoms with Crippen molar-refractivity contribution >= 4 is 39.1 Å². The van der Waals surface area contributed by atoms with E-state index in [9.17, 15) is 18.0 Å². The molecule has 1 saturated heterocycles. The quantitative estimate of drug-likeness (QED) is 0.898. The molecule has 1 saturated carbocycles. The largest absolute Gasteiger partial charge is 0.349 e. The topological polar surface area (TPSA) is 83.6 Å². The number of rotatable bonds is 3. The Kier molecular flexibility index (Phi) is 4.33. The monoisotopic (exact) mass is 356 g/mol. The predicted molar refractivity (Wildman–Crippen MR) is 87.1 cm³/mol. The number of anilines is 1.